The van der Waals surface area contributed by atoms with Crippen molar-refractivity contribution in [2.24, 2.45) is 5.92 Å². The number of Topliss-reactive ketones (excluding diaryl/α,β-unsaturated/α-hetero) is 1. The fraction of sp³-hybridized carbons (Fsp3) is 0.882. The lowest BCUT2D eigenvalue weighted by Crippen LogP contribution is -2.24. The van der Waals surface area contributed by atoms with Gasteiger partial charge in [0.15, 0.2) is 0 Å². The van der Waals surface area contributed by atoms with Crippen LogP contribution in [0.3, 0.4) is 0 Å². The molecular formula is C17H31NO2. The summed E-state index contributed by atoms with van der Waals surface area (Å²) in [5, 5.41) is 2.84. The number of carbonyl (C=O) groups excluding carboxylic acids is 2. The molecule has 116 valence electrons. The van der Waals surface area contributed by atoms with Crippen molar-refractivity contribution < 1.29 is 9.59 Å². The Bertz CT molecular complexity index is 289. The first-order chi connectivity index (χ1) is 9.74. The highest BCUT2D eigenvalue weighted by atomic mass is 16.2. The molecule has 0 saturated carbocycles. The summed E-state index contributed by atoms with van der Waals surface area (Å²) in [5.41, 5.74) is 0. The summed E-state index contributed by atoms with van der Waals surface area (Å²) in [6, 6.07) is 0. The average Bonchev–Trinajstić information content (AvgIpc) is 2.66. The summed E-state index contributed by atoms with van der Waals surface area (Å²) in [6.07, 6.45) is 13.0. The second-order valence-corrected chi connectivity index (χ2v) is 6.08. The zero-order valence-corrected chi connectivity index (χ0v) is 13.1. The zero-order chi connectivity index (χ0) is 14.6. The average molecular weight is 281 g/mol. The standard InChI is InChI=1S/C17H31NO2/c1-2-3-4-5-6-7-8-9-12-16(19)15-11-10-13-18-17(20)14-15/h15H,2-14H2,1H3,(H,18,20). The van der Waals surface area contributed by atoms with Crippen molar-refractivity contribution in [1.29, 1.82) is 0 Å². The molecular weight excluding hydrogens is 250 g/mol. The Balaban J connectivity index is 2.03. The SMILES string of the molecule is CCCCCCCCCCC(=O)C1CCCNC(=O)C1. The van der Waals surface area contributed by atoms with E-state index in [0.717, 1.165) is 32.2 Å². The van der Waals surface area contributed by atoms with E-state index in [0.29, 0.717) is 18.6 Å². The number of amides is 1. The zero-order valence-electron chi connectivity index (χ0n) is 13.1. The molecule has 1 heterocycles. The maximum absolute atomic E-state index is 12.1. The summed E-state index contributed by atoms with van der Waals surface area (Å²) in [5.74, 6) is 0.354. The number of unbranched alkanes of at least 4 members (excludes halogenated alkanes) is 7. The van der Waals surface area contributed by atoms with Gasteiger partial charge in [-0.2, -0.15) is 0 Å². The Kier molecular flexibility index (Phi) is 9.35. The monoisotopic (exact) mass is 281 g/mol. The molecule has 1 aliphatic heterocycles. The highest BCUT2D eigenvalue weighted by Crippen LogP contribution is 2.19. The van der Waals surface area contributed by atoms with Gasteiger partial charge >= 0.3 is 0 Å². The van der Waals surface area contributed by atoms with E-state index in [9.17, 15) is 9.59 Å². The van der Waals surface area contributed by atoms with Crippen molar-refractivity contribution in [3.05, 3.63) is 0 Å². The van der Waals surface area contributed by atoms with E-state index in [1.165, 1.54) is 38.5 Å². The van der Waals surface area contributed by atoms with Gasteiger partial charge in [-0.1, -0.05) is 51.9 Å². The molecule has 0 aromatic heterocycles. The number of carbonyl (C=O) groups is 2. The van der Waals surface area contributed by atoms with E-state index in [4.69, 9.17) is 0 Å². The van der Waals surface area contributed by atoms with Gasteiger partial charge in [-0.05, 0) is 19.3 Å². The largest absolute Gasteiger partial charge is 0.356 e. The molecule has 1 amide bonds. The molecule has 1 saturated heterocycles. The number of hydrogen-bond donors (Lipinski definition) is 1. The third-order valence-corrected chi connectivity index (χ3v) is 4.22. The summed E-state index contributed by atoms with van der Waals surface area (Å²) in [7, 11) is 0. The number of ketones is 1. The molecule has 1 N–H and O–H groups in total. The van der Waals surface area contributed by atoms with Gasteiger partial charge in [-0.15, -0.1) is 0 Å². The van der Waals surface area contributed by atoms with Gasteiger partial charge in [0.1, 0.15) is 5.78 Å². The van der Waals surface area contributed by atoms with Gasteiger partial charge in [-0.3, -0.25) is 9.59 Å². The molecule has 1 rings (SSSR count). The first kappa shape index (κ1) is 17.2. The van der Waals surface area contributed by atoms with Gasteiger partial charge in [0, 0.05) is 25.3 Å². The Morgan fingerprint density at radius 2 is 1.75 bits per heavy atom. The van der Waals surface area contributed by atoms with Crippen LogP contribution in [0, 0.1) is 5.92 Å². The maximum Gasteiger partial charge on any atom is 0.220 e. The predicted octanol–water partition coefficient (Wildman–Crippen LogP) is 4.00. The van der Waals surface area contributed by atoms with Crippen molar-refractivity contribution >= 4 is 11.7 Å². The third kappa shape index (κ3) is 7.66. The van der Waals surface area contributed by atoms with Crippen molar-refractivity contribution in [2.45, 2.75) is 84.0 Å². The maximum atomic E-state index is 12.1. The van der Waals surface area contributed by atoms with E-state index in [2.05, 4.69) is 12.2 Å². The summed E-state index contributed by atoms with van der Waals surface area (Å²) in [4.78, 5) is 23.5. The van der Waals surface area contributed by atoms with Crippen LogP contribution < -0.4 is 5.32 Å². The van der Waals surface area contributed by atoms with E-state index in [1.807, 2.05) is 0 Å². The molecule has 0 spiro atoms. The van der Waals surface area contributed by atoms with Crippen LogP contribution in [0.2, 0.25) is 0 Å². The Labute approximate surface area is 123 Å². The highest BCUT2D eigenvalue weighted by molar-refractivity contribution is 5.87. The van der Waals surface area contributed by atoms with Gasteiger partial charge in [0.2, 0.25) is 5.91 Å². The van der Waals surface area contributed by atoms with Crippen LogP contribution in [0.4, 0.5) is 0 Å². The minimum absolute atomic E-state index is 0.0120. The van der Waals surface area contributed by atoms with Gasteiger partial charge in [-0.25, -0.2) is 0 Å². The molecule has 0 radical (unpaired) electrons. The molecule has 0 aromatic carbocycles. The van der Waals surface area contributed by atoms with Crippen molar-refractivity contribution in [1.82, 2.24) is 5.32 Å². The number of hydrogen-bond acceptors (Lipinski definition) is 2. The van der Waals surface area contributed by atoms with E-state index >= 15 is 0 Å². The van der Waals surface area contributed by atoms with Crippen LogP contribution in [0.25, 0.3) is 0 Å². The van der Waals surface area contributed by atoms with Crippen LogP contribution >= 0.6 is 0 Å². The summed E-state index contributed by atoms with van der Waals surface area (Å²) >= 11 is 0. The van der Waals surface area contributed by atoms with E-state index in [-0.39, 0.29) is 11.8 Å². The first-order valence-electron chi connectivity index (χ1n) is 8.53. The minimum Gasteiger partial charge on any atom is -0.356 e. The second-order valence-electron chi connectivity index (χ2n) is 6.08. The van der Waals surface area contributed by atoms with E-state index in [1.54, 1.807) is 0 Å². The predicted molar refractivity (Wildman–Crippen MR) is 82.6 cm³/mol. The summed E-state index contributed by atoms with van der Waals surface area (Å²) < 4.78 is 0. The first-order valence-corrected chi connectivity index (χ1v) is 8.53. The molecule has 20 heavy (non-hydrogen) atoms. The molecule has 0 aromatic rings. The lowest BCUT2D eigenvalue weighted by atomic mass is 9.92. The van der Waals surface area contributed by atoms with Crippen LogP contribution in [-0.2, 0) is 9.59 Å². The summed E-state index contributed by atoms with van der Waals surface area (Å²) in [6.45, 7) is 2.97. The Morgan fingerprint density at radius 3 is 2.45 bits per heavy atom. The minimum atomic E-state index is -0.0120. The van der Waals surface area contributed by atoms with Crippen molar-refractivity contribution in [3.8, 4) is 0 Å². The van der Waals surface area contributed by atoms with Crippen LogP contribution in [-0.4, -0.2) is 18.2 Å². The van der Waals surface area contributed by atoms with Crippen LogP contribution in [0.15, 0.2) is 0 Å². The Morgan fingerprint density at radius 1 is 1.10 bits per heavy atom. The molecule has 0 aliphatic carbocycles. The van der Waals surface area contributed by atoms with Gasteiger partial charge in [0.25, 0.3) is 0 Å². The van der Waals surface area contributed by atoms with Crippen LogP contribution in [0.1, 0.15) is 84.0 Å². The Hall–Kier alpha value is -0.860. The highest BCUT2D eigenvalue weighted by Gasteiger charge is 2.23. The van der Waals surface area contributed by atoms with Crippen molar-refractivity contribution in [3.63, 3.8) is 0 Å². The third-order valence-electron chi connectivity index (χ3n) is 4.22. The normalized spacial score (nSPS) is 19.4. The second kappa shape index (κ2) is 10.9. The van der Waals surface area contributed by atoms with Crippen molar-refractivity contribution in [2.75, 3.05) is 6.54 Å². The molecule has 1 aliphatic rings. The topological polar surface area (TPSA) is 46.2 Å². The molecule has 1 unspecified atom stereocenters. The molecule has 1 fully saturated rings. The number of nitrogens with one attached hydrogen (secondary N) is 1. The molecule has 1 atom stereocenters. The van der Waals surface area contributed by atoms with Gasteiger partial charge in [0.05, 0.1) is 0 Å². The fourth-order valence-electron chi connectivity index (χ4n) is 2.89. The molecule has 0 bridgehead atoms. The molecule has 3 heteroatoms. The quantitative estimate of drug-likeness (QED) is 0.615. The molecule has 3 nitrogen and oxygen atoms in total. The smallest absolute Gasteiger partial charge is 0.220 e. The lowest BCUT2D eigenvalue weighted by Gasteiger charge is -2.11. The number of rotatable bonds is 10. The van der Waals surface area contributed by atoms with Crippen LogP contribution in [0.5, 0.6) is 0 Å². The van der Waals surface area contributed by atoms with E-state index < -0.39 is 0 Å². The lowest BCUT2D eigenvalue weighted by molar-refractivity contribution is -0.128. The fourth-order valence-corrected chi connectivity index (χ4v) is 2.89. The van der Waals surface area contributed by atoms with Gasteiger partial charge < -0.3 is 5.32 Å².